The number of nitrogens with one attached hydrogen (secondary N) is 1. The summed E-state index contributed by atoms with van der Waals surface area (Å²) in [6.45, 7) is 1.98. The Morgan fingerprint density at radius 3 is 2.94 bits per heavy atom. The number of nitrogens with zero attached hydrogens (tertiary/aromatic N) is 1. The number of carbonyl (C=O) groups excluding carboxylic acids is 1. The molecule has 0 aromatic carbocycles. The second-order valence-electron chi connectivity index (χ2n) is 3.02. The van der Waals surface area contributed by atoms with Gasteiger partial charge in [-0.25, -0.2) is 4.98 Å². The molecule has 1 aromatic heterocycles. The minimum absolute atomic E-state index is 0.0653. The van der Waals surface area contributed by atoms with Crippen LogP contribution >= 0.6 is 23.2 Å². The number of hydrogen-bond acceptors (Lipinski definition) is 2. The van der Waals surface area contributed by atoms with Gasteiger partial charge in [0, 0.05) is 26.1 Å². The normalized spacial score (nSPS) is 9.19. The van der Waals surface area contributed by atoms with Gasteiger partial charge in [-0.1, -0.05) is 29.1 Å². The number of halogens is 2. The van der Waals surface area contributed by atoms with Crippen molar-refractivity contribution in [1.29, 1.82) is 0 Å². The first-order valence-corrected chi connectivity index (χ1v) is 5.39. The van der Waals surface area contributed by atoms with Crippen LogP contribution in [0.1, 0.15) is 19.0 Å². The van der Waals surface area contributed by atoms with E-state index < -0.39 is 0 Å². The van der Waals surface area contributed by atoms with Gasteiger partial charge in [-0.2, -0.15) is 0 Å². The van der Waals surface area contributed by atoms with Crippen LogP contribution in [0.5, 0.6) is 0 Å². The number of aromatic nitrogens is 1. The molecule has 84 valence electrons. The summed E-state index contributed by atoms with van der Waals surface area (Å²) in [7, 11) is 0. The van der Waals surface area contributed by atoms with Gasteiger partial charge in [-0.3, -0.25) is 4.79 Å². The van der Waals surface area contributed by atoms with Gasteiger partial charge in [-0.05, 0) is 12.0 Å². The lowest BCUT2D eigenvalue weighted by Crippen LogP contribution is -2.20. The third-order valence-corrected chi connectivity index (χ3v) is 2.13. The van der Waals surface area contributed by atoms with Crippen LogP contribution in [0.2, 0.25) is 10.0 Å². The van der Waals surface area contributed by atoms with Crippen molar-refractivity contribution in [1.82, 2.24) is 10.3 Å². The van der Waals surface area contributed by atoms with E-state index >= 15 is 0 Å². The summed E-state index contributed by atoms with van der Waals surface area (Å²) >= 11 is 11.6. The predicted octanol–water partition coefficient (Wildman–Crippen LogP) is 2.27. The second-order valence-corrected chi connectivity index (χ2v) is 3.86. The van der Waals surface area contributed by atoms with E-state index in [4.69, 9.17) is 23.2 Å². The first kappa shape index (κ1) is 12.8. The molecule has 0 atom stereocenters. The lowest BCUT2D eigenvalue weighted by molar-refractivity contribution is -0.118. The van der Waals surface area contributed by atoms with Crippen molar-refractivity contribution in [2.45, 2.75) is 13.3 Å². The average molecular weight is 257 g/mol. The Morgan fingerprint density at radius 1 is 1.56 bits per heavy atom. The smallest absolute Gasteiger partial charge is 0.216 e. The van der Waals surface area contributed by atoms with E-state index in [0.717, 1.165) is 0 Å². The summed E-state index contributed by atoms with van der Waals surface area (Å²) in [6, 6.07) is 1.59. The Morgan fingerprint density at radius 2 is 2.31 bits per heavy atom. The summed E-state index contributed by atoms with van der Waals surface area (Å²) in [4.78, 5) is 14.5. The lowest BCUT2D eigenvalue weighted by atomic mass is 10.3. The molecular weight excluding hydrogens is 247 g/mol. The fourth-order valence-corrected chi connectivity index (χ4v) is 1.38. The van der Waals surface area contributed by atoms with Gasteiger partial charge in [-0.15, -0.1) is 0 Å². The topological polar surface area (TPSA) is 42.0 Å². The van der Waals surface area contributed by atoms with Crippen molar-refractivity contribution < 1.29 is 4.79 Å². The van der Waals surface area contributed by atoms with Crippen LogP contribution in [0.3, 0.4) is 0 Å². The molecule has 0 saturated carbocycles. The van der Waals surface area contributed by atoms with E-state index in [1.807, 2.05) is 0 Å². The first-order valence-electron chi connectivity index (χ1n) is 4.64. The summed E-state index contributed by atoms with van der Waals surface area (Å²) in [5.41, 5.74) is 0.494. The molecule has 0 spiro atoms. The molecule has 0 saturated heterocycles. The quantitative estimate of drug-likeness (QED) is 0.652. The molecule has 16 heavy (non-hydrogen) atoms. The van der Waals surface area contributed by atoms with Crippen LogP contribution in [0.4, 0.5) is 0 Å². The van der Waals surface area contributed by atoms with E-state index in [1.54, 1.807) is 6.07 Å². The highest BCUT2D eigenvalue weighted by molar-refractivity contribution is 6.35. The predicted molar refractivity (Wildman–Crippen MR) is 64.4 cm³/mol. The molecule has 1 N–H and O–H groups in total. The molecule has 3 nitrogen and oxygen atoms in total. The Balaban J connectivity index is 2.53. The molecule has 0 fully saturated rings. The van der Waals surface area contributed by atoms with Crippen LogP contribution in [0.25, 0.3) is 0 Å². The van der Waals surface area contributed by atoms with E-state index in [2.05, 4.69) is 22.1 Å². The highest BCUT2D eigenvalue weighted by atomic mass is 35.5. The van der Waals surface area contributed by atoms with Gasteiger partial charge >= 0.3 is 0 Å². The summed E-state index contributed by atoms with van der Waals surface area (Å²) in [6.07, 6.45) is 2.05. The van der Waals surface area contributed by atoms with Crippen LogP contribution in [0, 0.1) is 11.8 Å². The van der Waals surface area contributed by atoms with Crippen LogP contribution in [-0.4, -0.2) is 17.4 Å². The molecule has 1 aromatic rings. The Kier molecular flexibility index (Phi) is 5.10. The number of pyridine rings is 1. The SMILES string of the molecule is CC(=O)NCCC#Cc1ncc(Cl)cc1Cl. The summed E-state index contributed by atoms with van der Waals surface area (Å²) < 4.78 is 0. The van der Waals surface area contributed by atoms with E-state index in [9.17, 15) is 4.79 Å². The highest BCUT2D eigenvalue weighted by Crippen LogP contribution is 2.17. The minimum Gasteiger partial charge on any atom is -0.355 e. The molecule has 1 rings (SSSR count). The number of amides is 1. The molecule has 5 heteroatoms. The largest absolute Gasteiger partial charge is 0.355 e. The molecule has 0 aliphatic rings. The van der Waals surface area contributed by atoms with Gasteiger partial charge in [0.25, 0.3) is 0 Å². The number of hydrogen-bond donors (Lipinski definition) is 1. The molecular formula is C11H10Cl2N2O. The van der Waals surface area contributed by atoms with Crippen LogP contribution in [-0.2, 0) is 4.79 Å². The standard InChI is InChI=1S/C11H10Cl2N2O/c1-8(16)14-5-3-2-4-11-10(13)6-9(12)7-15-11/h6-7H,3,5H2,1H3,(H,14,16). The number of rotatable bonds is 2. The van der Waals surface area contributed by atoms with Gasteiger partial charge in [0.2, 0.25) is 5.91 Å². The minimum atomic E-state index is -0.0653. The van der Waals surface area contributed by atoms with E-state index in [1.165, 1.54) is 13.1 Å². The highest BCUT2D eigenvalue weighted by Gasteiger charge is 1.98. The third kappa shape index (κ3) is 4.52. The summed E-state index contributed by atoms with van der Waals surface area (Å²) in [5, 5.41) is 3.55. The van der Waals surface area contributed by atoms with E-state index in [-0.39, 0.29) is 5.91 Å². The van der Waals surface area contributed by atoms with Gasteiger partial charge in [0.15, 0.2) is 0 Å². The van der Waals surface area contributed by atoms with Gasteiger partial charge < -0.3 is 5.32 Å². The maximum atomic E-state index is 10.6. The van der Waals surface area contributed by atoms with Gasteiger partial charge in [0.1, 0.15) is 5.69 Å². The Bertz CT molecular complexity index is 449. The van der Waals surface area contributed by atoms with Crippen molar-refractivity contribution in [2.24, 2.45) is 0 Å². The van der Waals surface area contributed by atoms with Crippen LogP contribution in [0.15, 0.2) is 12.3 Å². The van der Waals surface area contributed by atoms with Gasteiger partial charge in [0.05, 0.1) is 10.0 Å². The average Bonchev–Trinajstić information content (AvgIpc) is 2.20. The van der Waals surface area contributed by atoms with Crippen molar-refractivity contribution in [2.75, 3.05) is 6.54 Å². The molecule has 0 unspecified atom stereocenters. The Labute approximate surface area is 104 Å². The molecule has 1 amide bonds. The van der Waals surface area contributed by atoms with Crippen molar-refractivity contribution in [3.05, 3.63) is 28.0 Å². The molecule has 0 bridgehead atoms. The third-order valence-electron chi connectivity index (χ3n) is 1.64. The lowest BCUT2D eigenvalue weighted by Gasteiger charge is -1.96. The van der Waals surface area contributed by atoms with Crippen molar-refractivity contribution in [3.63, 3.8) is 0 Å². The van der Waals surface area contributed by atoms with E-state index in [0.29, 0.717) is 28.7 Å². The maximum absolute atomic E-state index is 10.6. The fraction of sp³-hybridized carbons (Fsp3) is 0.273. The van der Waals surface area contributed by atoms with Crippen molar-refractivity contribution in [3.8, 4) is 11.8 Å². The first-order chi connectivity index (χ1) is 7.59. The zero-order valence-corrected chi connectivity index (χ0v) is 10.2. The molecule has 1 heterocycles. The summed E-state index contributed by atoms with van der Waals surface area (Å²) in [5.74, 6) is 5.61. The number of carbonyl (C=O) groups is 1. The zero-order chi connectivity index (χ0) is 12.0. The van der Waals surface area contributed by atoms with Crippen LogP contribution < -0.4 is 5.32 Å². The Hall–Kier alpha value is -1.24. The van der Waals surface area contributed by atoms with Crippen molar-refractivity contribution >= 4 is 29.1 Å². The molecule has 0 radical (unpaired) electrons. The molecule has 0 aliphatic carbocycles. The molecule has 0 aliphatic heterocycles. The second kappa shape index (κ2) is 6.37. The monoisotopic (exact) mass is 256 g/mol. The maximum Gasteiger partial charge on any atom is 0.216 e. The fourth-order valence-electron chi connectivity index (χ4n) is 0.954. The zero-order valence-electron chi connectivity index (χ0n) is 8.68.